The Morgan fingerprint density at radius 1 is 0.420 bits per heavy atom. The van der Waals surface area contributed by atoms with Gasteiger partial charge in [-0.3, -0.25) is 14.2 Å². The van der Waals surface area contributed by atoms with Crippen molar-refractivity contribution in [3.05, 3.63) is 36.5 Å². The Kier molecular flexibility index (Phi) is 60.0. The van der Waals surface area contributed by atoms with E-state index in [1.165, 1.54) is 263 Å². The molecule has 0 heterocycles. The number of esters is 1. The number of likely N-dealkylation sites (N-methyl/N-ethyl adjacent to an activating group) is 1. The molecule has 0 aromatic carbocycles. The molecule has 3 unspecified atom stereocenters. The lowest BCUT2D eigenvalue weighted by Gasteiger charge is -2.30. The van der Waals surface area contributed by atoms with Gasteiger partial charge < -0.3 is 28.5 Å². The van der Waals surface area contributed by atoms with Crippen molar-refractivity contribution in [2.45, 2.75) is 367 Å². The smallest absolute Gasteiger partial charge is 0.306 e. The summed E-state index contributed by atoms with van der Waals surface area (Å²) >= 11 is 0. The summed E-state index contributed by atoms with van der Waals surface area (Å²) < 4.78 is 30.4. The number of quaternary nitrogens is 1. The van der Waals surface area contributed by atoms with E-state index in [1.54, 1.807) is 0 Å². The van der Waals surface area contributed by atoms with E-state index < -0.39 is 20.0 Å². The molecule has 0 rings (SSSR count). The second-order valence-corrected chi connectivity index (χ2v) is 26.8. The summed E-state index contributed by atoms with van der Waals surface area (Å²) in [6.07, 6.45) is 75.6. The molecular weight excluding hydrogens is 1020 g/mol. The molecule has 1 N–H and O–H groups in total. The van der Waals surface area contributed by atoms with E-state index in [0.717, 1.165) is 57.8 Å². The van der Waals surface area contributed by atoms with E-state index >= 15 is 0 Å². The number of carbonyl (C=O) groups is 2. The highest BCUT2D eigenvalue weighted by atomic mass is 31.2. The number of unbranched alkanes of at least 4 members (excludes halogenated alkanes) is 45. The molecule has 0 spiro atoms. The summed E-state index contributed by atoms with van der Waals surface area (Å²) in [5, 5.41) is 3.05. The van der Waals surface area contributed by atoms with E-state index in [4.69, 9.17) is 13.8 Å². The first-order chi connectivity index (χ1) is 39.4. The number of hydrogen-bond donors (Lipinski definition) is 1. The molecule has 0 aliphatic rings. The van der Waals surface area contributed by atoms with Crippen LogP contribution in [-0.2, 0) is 27.9 Å². The predicted octanol–water partition coefficient (Wildman–Crippen LogP) is 21.6. The highest BCUT2D eigenvalue weighted by molar-refractivity contribution is 7.45. The minimum absolute atomic E-state index is 0.0201. The number of amides is 1. The number of rotatable bonds is 65. The van der Waals surface area contributed by atoms with E-state index in [0.29, 0.717) is 17.4 Å². The van der Waals surface area contributed by atoms with E-state index in [2.05, 4.69) is 50.4 Å². The van der Waals surface area contributed by atoms with Crippen LogP contribution < -0.4 is 10.2 Å². The Bertz CT molecular complexity index is 1480. The van der Waals surface area contributed by atoms with Gasteiger partial charge in [0.05, 0.1) is 33.8 Å². The van der Waals surface area contributed by atoms with Gasteiger partial charge in [-0.2, -0.15) is 0 Å². The normalized spacial score (nSPS) is 13.7. The molecule has 0 aliphatic carbocycles. The molecule has 1 amide bonds. The number of nitrogens with one attached hydrogen (secondary N) is 1. The maximum atomic E-state index is 13.6. The summed E-state index contributed by atoms with van der Waals surface area (Å²) in [7, 11) is 1.20. The average Bonchev–Trinajstić information content (AvgIpc) is 3.44. The fourth-order valence-electron chi connectivity index (χ4n) is 10.6. The van der Waals surface area contributed by atoms with Crippen LogP contribution in [0.3, 0.4) is 0 Å². The maximum absolute atomic E-state index is 13.6. The molecule has 9 nitrogen and oxygen atoms in total. The van der Waals surface area contributed by atoms with Crippen LogP contribution >= 0.6 is 7.82 Å². The lowest BCUT2D eigenvalue weighted by molar-refractivity contribution is -0.870. The minimum atomic E-state index is -4.70. The molecule has 0 radical (unpaired) electrons. The Hall–Kier alpha value is -1.77. The molecule has 0 aromatic rings. The Labute approximate surface area is 504 Å². The molecule has 81 heavy (non-hydrogen) atoms. The fourth-order valence-corrected chi connectivity index (χ4v) is 11.3. The SMILES string of the molecule is CCCCCCCC/C=C/CCCCCCCCCCCCCCCCCC(=O)NC(COP(=O)([O-])OCC[N+](C)(C)C)C(/C=C\CCCCCCCCCCC)OC(=O)CCCCCCCCCCC/C=C/CCCCCCCC. The summed E-state index contributed by atoms with van der Waals surface area (Å²) in [6.45, 7) is 6.88. The van der Waals surface area contributed by atoms with Crippen LogP contribution in [0.25, 0.3) is 0 Å². The molecule has 0 aromatic heterocycles. The monoisotopic (exact) mass is 1160 g/mol. The molecule has 0 aliphatic heterocycles. The average molecular weight is 1160 g/mol. The lowest BCUT2D eigenvalue weighted by atomic mass is 10.0. The predicted molar refractivity (Wildman–Crippen MR) is 349 cm³/mol. The second kappa shape index (κ2) is 61.3. The zero-order chi connectivity index (χ0) is 59.3. The molecule has 3 atom stereocenters. The standard InChI is InChI=1S/C71H137N2O7P/c1-7-10-13-16-19-22-25-27-29-31-33-34-35-36-37-38-40-41-43-45-48-51-54-57-60-63-70(74)72-68(67-79-81(76,77)78-66-65-73(4,5)6)69(62-59-56-53-50-47-24-21-18-15-12-9-3)80-71(75)64-61-58-55-52-49-46-44-42-39-32-30-28-26-23-20-17-14-11-8-2/h27-30,59,62,68-69H,7-26,31-58,60-61,63-67H2,1-6H3,(H-,72,74,76,77)/b29-27+,30-28+,62-59-. The van der Waals surface area contributed by atoms with Gasteiger partial charge in [0.15, 0.2) is 0 Å². The van der Waals surface area contributed by atoms with Crippen molar-refractivity contribution >= 4 is 19.7 Å². The number of carbonyl (C=O) groups excluding carboxylic acids is 2. The Balaban J connectivity index is 5.00. The van der Waals surface area contributed by atoms with Crippen LogP contribution in [0.1, 0.15) is 355 Å². The van der Waals surface area contributed by atoms with Gasteiger partial charge in [0.1, 0.15) is 19.3 Å². The van der Waals surface area contributed by atoms with Gasteiger partial charge in [-0.15, -0.1) is 0 Å². The fraction of sp³-hybridized carbons (Fsp3) is 0.887. The molecule has 0 saturated heterocycles. The van der Waals surface area contributed by atoms with Gasteiger partial charge in [-0.05, 0) is 83.1 Å². The van der Waals surface area contributed by atoms with E-state index in [9.17, 15) is 19.0 Å². The molecule has 0 fully saturated rings. The Morgan fingerprint density at radius 2 is 0.716 bits per heavy atom. The zero-order valence-electron chi connectivity index (χ0n) is 54.8. The van der Waals surface area contributed by atoms with Crippen molar-refractivity contribution < 1.29 is 37.3 Å². The highest BCUT2D eigenvalue weighted by Gasteiger charge is 2.27. The highest BCUT2D eigenvalue weighted by Crippen LogP contribution is 2.38. The van der Waals surface area contributed by atoms with Gasteiger partial charge >= 0.3 is 5.97 Å². The topological polar surface area (TPSA) is 114 Å². The van der Waals surface area contributed by atoms with Crippen LogP contribution in [0, 0.1) is 0 Å². The number of phosphoric ester groups is 1. The third kappa shape index (κ3) is 62.6. The van der Waals surface area contributed by atoms with Gasteiger partial charge in [0, 0.05) is 12.8 Å². The van der Waals surface area contributed by atoms with Crippen molar-refractivity contribution in [2.24, 2.45) is 0 Å². The van der Waals surface area contributed by atoms with Crippen LogP contribution in [-0.4, -0.2) is 69.4 Å². The summed E-state index contributed by atoms with van der Waals surface area (Å²) in [5.41, 5.74) is 0. The maximum Gasteiger partial charge on any atom is 0.306 e. The Morgan fingerprint density at radius 3 is 1.05 bits per heavy atom. The van der Waals surface area contributed by atoms with Crippen molar-refractivity contribution in [1.29, 1.82) is 0 Å². The first-order valence-electron chi connectivity index (χ1n) is 35.3. The number of ether oxygens (including phenoxy) is 1. The van der Waals surface area contributed by atoms with Gasteiger partial charge in [0.2, 0.25) is 5.91 Å². The van der Waals surface area contributed by atoms with Crippen LogP contribution in [0.2, 0.25) is 0 Å². The van der Waals surface area contributed by atoms with Crippen molar-refractivity contribution in [2.75, 3.05) is 40.9 Å². The number of nitrogens with zero attached hydrogens (tertiary/aromatic N) is 1. The van der Waals surface area contributed by atoms with Gasteiger partial charge in [-0.1, -0.05) is 295 Å². The zero-order valence-corrected chi connectivity index (χ0v) is 55.7. The third-order valence-electron chi connectivity index (χ3n) is 16.0. The second-order valence-electron chi connectivity index (χ2n) is 25.4. The van der Waals surface area contributed by atoms with Crippen LogP contribution in [0.5, 0.6) is 0 Å². The van der Waals surface area contributed by atoms with E-state index in [-0.39, 0.29) is 31.5 Å². The largest absolute Gasteiger partial charge is 0.756 e. The van der Waals surface area contributed by atoms with Crippen molar-refractivity contribution in [1.82, 2.24) is 5.32 Å². The first-order valence-corrected chi connectivity index (χ1v) is 36.8. The molecule has 10 heteroatoms. The quantitative estimate of drug-likeness (QED) is 0.0212. The van der Waals surface area contributed by atoms with Gasteiger partial charge in [0.25, 0.3) is 7.82 Å². The van der Waals surface area contributed by atoms with Crippen LogP contribution in [0.15, 0.2) is 36.5 Å². The van der Waals surface area contributed by atoms with Gasteiger partial charge in [-0.25, -0.2) is 0 Å². The first kappa shape index (κ1) is 79.2. The number of allylic oxidation sites excluding steroid dienone is 5. The van der Waals surface area contributed by atoms with E-state index in [1.807, 2.05) is 33.3 Å². The molecule has 478 valence electrons. The summed E-state index contributed by atoms with van der Waals surface area (Å²) in [5.74, 6) is -0.526. The minimum Gasteiger partial charge on any atom is -0.756 e. The number of phosphoric acid groups is 1. The molecule has 0 bridgehead atoms. The van der Waals surface area contributed by atoms with Crippen molar-refractivity contribution in [3.8, 4) is 0 Å². The molecule has 0 saturated carbocycles. The lowest BCUT2D eigenvalue weighted by Crippen LogP contribution is -2.47. The third-order valence-corrected chi connectivity index (χ3v) is 17.0. The molecular formula is C71H137N2O7P. The summed E-state index contributed by atoms with van der Waals surface area (Å²) in [6, 6.07) is -0.886. The summed E-state index contributed by atoms with van der Waals surface area (Å²) in [4.78, 5) is 40.1. The van der Waals surface area contributed by atoms with Crippen molar-refractivity contribution in [3.63, 3.8) is 0 Å². The van der Waals surface area contributed by atoms with Crippen LogP contribution in [0.4, 0.5) is 0 Å². The number of hydrogen-bond acceptors (Lipinski definition) is 7.